The van der Waals surface area contributed by atoms with Crippen LogP contribution in [-0.4, -0.2) is 41.7 Å². The van der Waals surface area contributed by atoms with E-state index in [1.807, 2.05) is 0 Å². The summed E-state index contributed by atoms with van der Waals surface area (Å²) in [5, 5.41) is 28.7. The first-order valence-electron chi connectivity index (χ1n) is 6.59. The van der Waals surface area contributed by atoms with Crippen LogP contribution in [0.2, 0.25) is 0 Å². The average Bonchev–Trinajstić information content (AvgIpc) is 3.20. The molecule has 3 rings (SSSR count). The Labute approximate surface area is 129 Å². The van der Waals surface area contributed by atoms with E-state index in [1.54, 1.807) is 18.2 Å². The Morgan fingerprint density at radius 1 is 1.30 bits per heavy atom. The number of allylic oxidation sites excluding steroid dienone is 1. The number of rotatable bonds is 5. The molecule has 3 N–H and O–H groups in total. The average molecular weight is 314 g/mol. The Morgan fingerprint density at radius 3 is 2.87 bits per heavy atom. The molecule has 3 aromatic rings. The van der Waals surface area contributed by atoms with Gasteiger partial charge in [0.15, 0.2) is 5.76 Å². The fraction of sp³-hybridized carbons (Fsp3) is 0.0714. The number of hydrogen-bond acceptors (Lipinski definition) is 6. The number of aliphatic hydroxyl groups is 1. The summed E-state index contributed by atoms with van der Waals surface area (Å²) >= 11 is 0. The molecule has 8 nitrogen and oxygen atoms in total. The van der Waals surface area contributed by atoms with Crippen LogP contribution in [0.15, 0.2) is 36.5 Å². The highest BCUT2D eigenvalue weighted by molar-refractivity contribution is 6.07. The summed E-state index contributed by atoms with van der Waals surface area (Å²) in [7, 11) is 0. The fourth-order valence-electron chi connectivity index (χ4n) is 2.04. The lowest BCUT2D eigenvalue weighted by Gasteiger charge is -2.02. The number of aromatic amines is 2. The summed E-state index contributed by atoms with van der Waals surface area (Å²) in [5.41, 5.74) is 1.11. The molecule has 0 saturated heterocycles. The molecule has 1 aromatic carbocycles. The summed E-state index contributed by atoms with van der Waals surface area (Å²) < 4.78 is 13.7. The maximum Gasteiger partial charge on any atom is 0.239 e. The third-order valence-electron chi connectivity index (χ3n) is 3.15. The second-order valence-corrected chi connectivity index (χ2v) is 4.67. The van der Waals surface area contributed by atoms with E-state index in [4.69, 9.17) is 0 Å². The van der Waals surface area contributed by atoms with E-state index >= 15 is 0 Å². The van der Waals surface area contributed by atoms with Crippen molar-refractivity contribution in [1.82, 2.24) is 30.8 Å². The molecule has 2 heterocycles. The lowest BCUT2D eigenvalue weighted by Crippen LogP contribution is -2.03. The molecular formula is C14H11FN6O2. The van der Waals surface area contributed by atoms with Gasteiger partial charge >= 0.3 is 0 Å². The summed E-state index contributed by atoms with van der Waals surface area (Å²) in [6.07, 6.45) is 2.59. The normalized spacial score (nSPS) is 11.6. The Balaban J connectivity index is 1.85. The molecule has 0 amide bonds. The maximum absolute atomic E-state index is 13.7. The Bertz CT molecular complexity index is 856. The van der Waals surface area contributed by atoms with Gasteiger partial charge in [-0.05, 0) is 16.8 Å². The molecule has 23 heavy (non-hydrogen) atoms. The lowest BCUT2D eigenvalue weighted by atomic mass is 10.0. The van der Waals surface area contributed by atoms with Gasteiger partial charge in [0.1, 0.15) is 11.5 Å². The fourth-order valence-corrected chi connectivity index (χ4v) is 2.04. The van der Waals surface area contributed by atoms with Crippen molar-refractivity contribution >= 4 is 11.5 Å². The van der Waals surface area contributed by atoms with Gasteiger partial charge in [-0.3, -0.25) is 9.89 Å². The maximum atomic E-state index is 13.7. The lowest BCUT2D eigenvalue weighted by molar-refractivity contribution is 0.104. The van der Waals surface area contributed by atoms with Crippen LogP contribution in [0.4, 0.5) is 4.39 Å². The predicted octanol–water partition coefficient (Wildman–Crippen LogP) is 1.43. The largest absolute Gasteiger partial charge is 0.504 e. The van der Waals surface area contributed by atoms with Crippen LogP contribution in [-0.2, 0) is 6.42 Å². The number of carbonyl (C=O) groups excluding carboxylic acids is 1. The van der Waals surface area contributed by atoms with Crippen molar-refractivity contribution in [2.45, 2.75) is 6.42 Å². The third kappa shape index (κ3) is 3.12. The van der Waals surface area contributed by atoms with Gasteiger partial charge in [0.25, 0.3) is 0 Å². The molecule has 116 valence electrons. The Kier molecular flexibility index (Phi) is 3.91. The van der Waals surface area contributed by atoms with Crippen molar-refractivity contribution in [2.24, 2.45) is 0 Å². The number of nitrogens with one attached hydrogen (secondary N) is 2. The van der Waals surface area contributed by atoms with Gasteiger partial charge in [0.05, 0.1) is 6.20 Å². The van der Waals surface area contributed by atoms with Gasteiger partial charge in [-0.25, -0.2) is 4.39 Å². The van der Waals surface area contributed by atoms with Gasteiger partial charge in [0.2, 0.25) is 11.6 Å². The molecule has 0 aliphatic carbocycles. The summed E-state index contributed by atoms with van der Waals surface area (Å²) in [5.74, 6) is -1.43. The number of tetrazole rings is 1. The number of carbonyl (C=O) groups is 1. The van der Waals surface area contributed by atoms with Crippen LogP contribution >= 0.6 is 0 Å². The number of ketones is 1. The topological polar surface area (TPSA) is 120 Å². The molecular weight excluding hydrogens is 303 g/mol. The highest BCUT2D eigenvalue weighted by Gasteiger charge is 2.16. The smallest absolute Gasteiger partial charge is 0.239 e. The van der Waals surface area contributed by atoms with Crippen molar-refractivity contribution < 1.29 is 14.3 Å². The Morgan fingerprint density at radius 2 is 2.13 bits per heavy atom. The van der Waals surface area contributed by atoms with Gasteiger partial charge in [-0.15, -0.1) is 10.2 Å². The van der Waals surface area contributed by atoms with E-state index in [2.05, 4.69) is 30.8 Å². The highest BCUT2D eigenvalue weighted by atomic mass is 19.1. The van der Waals surface area contributed by atoms with Crippen molar-refractivity contribution in [1.29, 1.82) is 0 Å². The Hall–Kier alpha value is -3.36. The number of hydrogen-bond donors (Lipinski definition) is 3. The number of benzene rings is 1. The zero-order chi connectivity index (χ0) is 16.2. The summed E-state index contributed by atoms with van der Waals surface area (Å²) in [6, 6.07) is 6.27. The van der Waals surface area contributed by atoms with Gasteiger partial charge in [-0.1, -0.05) is 18.2 Å². The number of halogens is 1. The minimum absolute atomic E-state index is 0.103. The first-order valence-corrected chi connectivity index (χ1v) is 6.59. The zero-order valence-corrected chi connectivity index (χ0v) is 11.7. The standard InChI is InChI=1S/C14H11FN6O2/c15-10-4-2-1-3-8(10)5-9-7-16-17-13(9)11(22)6-12(23)14-18-20-21-19-14/h1-4,6-7,23H,5H2,(H,16,17)(H,18,19,20,21). The number of H-pyrrole nitrogens is 2. The van der Waals surface area contributed by atoms with Gasteiger partial charge < -0.3 is 5.11 Å². The van der Waals surface area contributed by atoms with Crippen LogP contribution in [0.25, 0.3) is 5.76 Å². The first kappa shape index (κ1) is 14.6. The van der Waals surface area contributed by atoms with E-state index in [-0.39, 0.29) is 23.8 Å². The number of aromatic nitrogens is 6. The van der Waals surface area contributed by atoms with Crippen LogP contribution in [0.5, 0.6) is 0 Å². The van der Waals surface area contributed by atoms with Gasteiger partial charge in [0, 0.05) is 18.1 Å². The molecule has 0 aliphatic rings. The third-order valence-corrected chi connectivity index (χ3v) is 3.15. The zero-order valence-electron chi connectivity index (χ0n) is 11.7. The SMILES string of the molecule is O=C(C=C(O)c1nn[nH]n1)c1[nH]ncc1Cc1ccccc1F. The molecule has 0 bridgehead atoms. The molecule has 9 heteroatoms. The molecule has 0 unspecified atom stereocenters. The minimum atomic E-state index is -0.531. The second-order valence-electron chi connectivity index (χ2n) is 4.67. The van der Waals surface area contributed by atoms with E-state index in [0.29, 0.717) is 11.1 Å². The molecule has 2 aromatic heterocycles. The monoisotopic (exact) mass is 314 g/mol. The second kappa shape index (κ2) is 6.18. The minimum Gasteiger partial charge on any atom is -0.504 e. The van der Waals surface area contributed by atoms with Crippen molar-refractivity contribution in [2.75, 3.05) is 0 Å². The highest BCUT2D eigenvalue weighted by Crippen LogP contribution is 2.16. The van der Waals surface area contributed by atoms with Crippen LogP contribution in [0, 0.1) is 5.82 Å². The first-order chi connectivity index (χ1) is 11.1. The van der Waals surface area contributed by atoms with Crippen LogP contribution in [0.3, 0.4) is 0 Å². The van der Waals surface area contributed by atoms with E-state index in [0.717, 1.165) is 6.08 Å². The molecule has 0 atom stereocenters. The predicted molar refractivity (Wildman–Crippen MR) is 76.9 cm³/mol. The van der Waals surface area contributed by atoms with Gasteiger partial charge in [-0.2, -0.15) is 10.3 Å². The number of aliphatic hydroxyl groups excluding tert-OH is 1. The quantitative estimate of drug-likeness (QED) is 0.372. The summed E-state index contributed by atoms with van der Waals surface area (Å²) in [4.78, 5) is 12.2. The van der Waals surface area contributed by atoms with Crippen LogP contribution < -0.4 is 0 Å². The molecule has 0 aliphatic heterocycles. The molecule has 0 radical (unpaired) electrons. The van der Waals surface area contributed by atoms with Crippen molar-refractivity contribution in [3.8, 4) is 0 Å². The van der Waals surface area contributed by atoms with E-state index < -0.39 is 11.5 Å². The summed E-state index contributed by atoms with van der Waals surface area (Å²) in [6.45, 7) is 0. The molecule has 0 saturated carbocycles. The van der Waals surface area contributed by atoms with E-state index in [9.17, 15) is 14.3 Å². The molecule has 0 fully saturated rings. The number of nitrogens with zero attached hydrogens (tertiary/aromatic N) is 4. The van der Waals surface area contributed by atoms with Crippen LogP contribution in [0.1, 0.15) is 27.4 Å². The van der Waals surface area contributed by atoms with E-state index in [1.165, 1.54) is 12.3 Å². The van der Waals surface area contributed by atoms with Crippen molar-refractivity contribution in [3.63, 3.8) is 0 Å². The van der Waals surface area contributed by atoms with Crippen molar-refractivity contribution in [3.05, 3.63) is 65.0 Å². The molecule has 0 spiro atoms.